The van der Waals surface area contributed by atoms with Crippen molar-refractivity contribution in [2.24, 2.45) is 5.92 Å². The van der Waals surface area contributed by atoms with E-state index < -0.39 is 17.9 Å². The van der Waals surface area contributed by atoms with Crippen LogP contribution in [0.25, 0.3) is 0 Å². The van der Waals surface area contributed by atoms with Gasteiger partial charge < -0.3 is 5.32 Å². The molecule has 0 bridgehead atoms. The lowest BCUT2D eigenvalue weighted by Crippen LogP contribution is -2.31. The molecule has 1 aliphatic heterocycles. The lowest BCUT2D eigenvalue weighted by atomic mass is 10.0. The van der Waals surface area contributed by atoms with Gasteiger partial charge in [-0.05, 0) is 18.4 Å². The van der Waals surface area contributed by atoms with Crippen molar-refractivity contribution in [2.75, 3.05) is 0 Å². The van der Waals surface area contributed by atoms with E-state index in [0.717, 1.165) is 4.90 Å². The highest BCUT2D eigenvalue weighted by Crippen LogP contribution is 2.18. The van der Waals surface area contributed by atoms with Crippen molar-refractivity contribution >= 4 is 11.9 Å². The fourth-order valence-electron chi connectivity index (χ4n) is 2.15. The lowest BCUT2D eigenvalue weighted by Gasteiger charge is -2.14. The molecular formula is C14H17FN2O2. The molecule has 0 aliphatic carbocycles. The zero-order chi connectivity index (χ0) is 14.0. The second kappa shape index (κ2) is 5.38. The topological polar surface area (TPSA) is 49.4 Å². The van der Waals surface area contributed by atoms with E-state index in [1.54, 1.807) is 18.2 Å². The molecule has 1 aliphatic rings. The molecule has 0 spiro atoms. The summed E-state index contributed by atoms with van der Waals surface area (Å²) in [5, 5.41) is 2.64. The molecule has 1 aromatic carbocycles. The average molecular weight is 264 g/mol. The van der Waals surface area contributed by atoms with E-state index in [1.165, 1.54) is 6.07 Å². The molecule has 3 amide bonds. The number of halogens is 1. The Morgan fingerprint density at radius 3 is 2.63 bits per heavy atom. The normalized spacial score (nSPS) is 19.2. The number of amides is 3. The Morgan fingerprint density at radius 2 is 2.00 bits per heavy atom. The molecule has 1 atom stereocenters. The number of rotatable bonds is 4. The minimum atomic E-state index is -0.487. The van der Waals surface area contributed by atoms with Crippen molar-refractivity contribution in [3.63, 3.8) is 0 Å². The molecule has 1 aromatic rings. The van der Waals surface area contributed by atoms with Crippen molar-refractivity contribution in [3.05, 3.63) is 35.6 Å². The van der Waals surface area contributed by atoms with Crippen molar-refractivity contribution in [1.29, 1.82) is 0 Å². The summed E-state index contributed by atoms with van der Waals surface area (Å²) >= 11 is 0. The second-order valence-electron chi connectivity index (χ2n) is 5.15. The summed E-state index contributed by atoms with van der Waals surface area (Å²) in [4.78, 5) is 24.9. The molecule has 1 N–H and O–H groups in total. The highest BCUT2D eigenvalue weighted by molar-refractivity contribution is 6.04. The molecule has 4 nitrogen and oxygen atoms in total. The lowest BCUT2D eigenvalue weighted by molar-refractivity contribution is -0.128. The number of nitrogens with one attached hydrogen (secondary N) is 1. The monoisotopic (exact) mass is 264 g/mol. The number of carbonyl (C=O) groups is 2. The highest BCUT2D eigenvalue weighted by atomic mass is 19.1. The first kappa shape index (κ1) is 13.5. The van der Waals surface area contributed by atoms with Crippen LogP contribution in [0.15, 0.2) is 24.3 Å². The molecule has 1 heterocycles. The Kier molecular flexibility index (Phi) is 3.83. The van der Waals surface area contributed by atoms with Crippen LogP contribution >= 0.6 is 0 Å². The zero-order valence-corrected chi connectivity index (χ0v) is 11.0. The number of urea groups is 1. The first-order valence-corrected chi connectivity index (χ1v) is 6.34. The Hall–Kier alpha value is -1.91. The van der Waals surface area contributed by atoms with Crippen LogP contribution < -0.4 is 5.32 Å². The summed E-state index contributed by atoms with van der Waals surface area (Å²) < 4.78 is 13.5. The molecule has 0 radical (unpaired) electrons. The second-order valence-corrected chi connectivity index (χ2v) is 5.15. The van der Waals surface area contributed by atoms with E-state index >= 15 is 0 Å². The predicted octanol–water partition coefficient (Wildman–Crippen LogP) is 2.29. The van der Waals surface area contributed by atoms with E-state index in [0.29, 0.717) is 17.9 Å². The Morgan fingerprint density at radius 1 is 1.32 bits per heavy atom. The molecular weight excluding hydrogens is 247 g/mol. The third-order valence-electron chi connectivity index (χ3n) is 3.10. The standard InChI is InChI=1S/C14H17FN2O2/c1-9(2)7-12-13(18)17(14(19)16-12)8-10-5-3-4-6-11(10)15/h3-6,9,12H,7-8H2,1-2H3,(H,16,19)/t12-/m1/s1. The summed E-state index contributed by atoms with van der Waals surface area (Å²) in [5.41, 5.74) is 0.344. The first-order chi connectivity index (χ1) is 8.99. The summed E-state index contributed by atoms with van der Waals surface area (Å²) in [7, 11) is 0. The van der Waals surface area contributed by atoms with Gasteiger partial charge in [0.1, 0.15) is 11.9 Å². The van der Waals surface area contributed by atoms with Gasteiger partial charge in [-0.1, -0.05) is 32.0 Å². The molecule has 2 rings (SSSR count). The average Bonchev–Trinajstić information content (AvgIpc) is 2.59. The molecule has 0 unspecified atom stereocenters. The van der Waals surface area contributed by atoms with E-state index in [1.807, 2.05) is 13.8 Å². The summed E-state index contributed by atoms with van der Waals surface area (Å²) in [5.74, 6) is -0.375. The Bertz CT molecular complexity index is 502. The maximum absolute atomic E-state index is 13.5. The van der Waals surface area contributed by atoms with Gasteiger partial charge in [-0.25, -0.2) is 9.18 Å². The van der Waals surface area contributed by atoms with Gasteiger partial charge in [-0.15, -0.1) is 0 Å². The number of hydrogen-bond donors (Lipinski definition) is 1. The van der Waals surface area contributed by atoms with Crippen molar-refractivity contribution in [3.8, 4) is 0 Å². The largest absolute Gasteiger partial charge is 0.326 e. The minimum Gasteiger partial charge on any atom is -0.326 e. The van der Waals surface area contributed by atoms with Gasteiger partial charge >= 0.3 is 6.03 Å². The van der Waals surface area contributed by atoms with Crippen LogP contribution in [-0.2, 0) is 11.3 Å². The zero-order valence-electron chi connectivity index (χ0n) is 11.0. The van der Waals surface area contributed by atoms with Gasteiger partial charge in [0, 0.05) is 5.56 Å². The number of hydrogen-bond acceptors (Lipinski definition) is 2. The third kappa shape index (κ3) is 2.92. The molecule has 102 valence electrons. The molecule has 0 saturated carbocycles. The van der Waals surface area contributed by atoms with Crippen molar-refractivity contribution in [2.45, 2.75) is 32.9 Å². The van der Waals surface area contributed by atoms with Crippen molar-refractivity contribution in [1.82, 2.24) is 10.2 Å². The summed E-state index contributed by atoms with van der Waals surface area (Å²) in [6.45, 7) is 3.95. The van der Waals surface area contributed by atoms with Gasteiger partial charge in [0.15, 0.2) is 0 Å². The fraction of sp³-hybridized carbons (Fsp3) is 0.429. The van der Waals surface area contributed by atoms with Crippen LogP contribution in [0.4, 0.5) is 9.18 Å². The van der Waals surface area contributed by atoms with E-state index in [9.17, 15) is 14.0 Å². The van der Waals surface area contributed by atoms with Crippen LogP contribution in [0, 0.1) is 11.7 Å². The van der Waals surface area contributed by atoms with E-state index in [-0.39, 0.29) is 12.5 Å². The Balaban J connectivity index is 2.11. The summed E-state index contributed by atoms with van der Waals surface area (Å²) in [6.07, 6.45) is 0.596. The van der Waals surface area contributed by atoms with Crippen LogP contribution in [0.5, 0.6) is 0 Å². The number of nitrogens with zero attached hydrogens (tertiary/aromatic N) is 1. The van der Waals surface area contributed by atoms with Crippen LogP contribution in [0.3, 0.4) is 0 Å². The van der Waals surface area contributed by atoms with E-state index in [2.05, 4.69) is 5.32 Å². The molecule has 0 aromatic heterocycles. The number of imide groups is 1. The van der Waals surface area contributed by atoms with Gasteiger partial charge in [-0.3, -0.25) is 9.69 Å². The molecule has 19 heavy (non-hydrogen) atoms. The van der Waals surface area contributed by atoms with Gasteiger partial charge in [0.2, 0.25) is 0 Å². The van der Waals surface area contributed by atoms with Crippen LogP contribution in [0.1, 0.15) is 25.8 Å². The fourth-order valence-corrected chi connectivity index (χ4v) is 2.15. The van der Waals surface area contributed by atoms with E-state index in [4.69, 9.17) is 0 Å². The number of carbonyl (C=O) groups excluding carboxylic acids is 2. The van der Waals surface area contributed by atoms with Gasteiger partial charge in [-0.2, -0.15) is 0 Å². The van der Waals surface area contributed by atoms with Crippen molar-refractivity contribution < 1.29 is 14.0 Å². The summed E-state index contributed by atoms with van der Waals surface area (Å²) in [6, 6.07) is 5.22. The SMILES string of the molecule is CC(C)C[C@H]1NC(=O)N(Cc2ccccc2F)C1=O. The van der Waals surface area contributed by atoms with Crippen LogP contribution in [-0.4, -0.2) is 22.9 Å². The Labute approximate surface area is 111 Å². The molecule has 1 fully saturated rings. The molecule has 5 heteroatoms. The maximum atomic E-state index is 13.5. The van der Waals surface area contributed by atoms with Gasteiger partial charge in [0.25, 0.3) is 5.91 Å². The van der Waals surface area contributed by atoms with Crippen LogP contribution in [0.2, 0.25) is 0 Å². The minimum absolute atomic E-state index is 0.0219. The highest BCUT2D eigenvalue weighted by Gasteiger charge is 2.38. The van der Waals surface area contributed by atoms with Gasteiger partial charge in [0.05, 0.1) is 6.54 Å². The first-order valence-electron chi connectivity index (χ1n) is 6.34. The third-order valence-corrected chi connectivity index (χ3v) is 3.10. The maximum Gasteiger partial charge on any atom is 0.325 e. The smallest absolute Gasteiger partial charge is 0.325 e. The number of benzene rings is 1. The molecule has 1 saturated heterocycles. The predicted molar refractivity (Wildman–Crippen MR) is 68.7 cm³/mol. The quantitative estimate of drug-likeness (QED) is 0.848.